The van der Waals surface area contributed by atoms with Crippen molar-refractivity contribution >= 4 is 5.91 Å². The number of unbranched alkanes of at least 4 members (excludes halogenated alkanes) is 33. The predicted octanol–water partition coefficient (Wildman–Crippen LogP) is 13.2. The lowest BCUT2D eigenvalue weighted by Crippen LogP contribution is -2.60. The molecule has 1 rings (SSSR count). The van der Waals surface area contributed by atoms with Crippen LogP contribution in [0.15, 0.2) is 36.5 Å². The summed E-state index contributed by atoms with van der Waals surface area (Å²) < 4.78 is 11.3. The summed E-state index contributed by atoms with van der Waals surface area (Å²) in [6.07, 6.45) is 52.0. The highest BCUT2D eigenvalue weighted by molar-refractivity contribution is 5.76. The van der Waals surface area contributed by atoms with Crippen molar-refractivity contribution in [2.45, 2.75) is 301 Å². The first kappa shape index (κ1) is 61.4. The number of allylic oxidation sites excluding steroid dienone is 5. The molecule has 9 heteroatoms. The third-order valence-electron chi connectivity index (χ3n) is 13.2. The molecule has 1 saturated heterocycles. The zero-order valence-electron chi connectivity index (χ0n) is 42.3. The van der Waals surface area contributed by atoms with Crippen molar-refractivity contribution in [3.8, 4) is 0 Å². The number of rotatable bonds is 47. The highest BCUT2D eigenvalue weighted by Crippen LogP contribution is 2.23. The van der Waals surface area contributed by atoms with Crippen LogP contribution in [0, 0.1) is 0 Å². The lowest BCUT2D eigenvalue weighted by atomic mass is 9.99. The van der Waals surface area contributed by atoms with Gasteiger partial charge in [-0.1, -0.05) is 237 Å². The number of aliphatic hydroxyl groups is 5. The van der Waals surface area contributed by atoms with Crippen LogP contribution in [0.2, 0.25) is 0 Å². The molecule has 0 aromatic rings. The third kappa shape index (κ3) is 36.1. The number of nitrogens with one attached hydrogen (secondary N) is 1. The Labute approximate surface area is 400 Å². The van der Waals surface area contributed by atoms with Crippen molar-refractivity contribution in [1.29, 1.82) is 0 Å². The standard InChI is InChI=1S/C56H105NO8/c1-3-5-7-9-11-13-15-17-19-21-23-24-25-26-28-30-32-34-36-38-40-42-44-46-52(60)57-49(48-64-56-55(63)54(62)53(61)51(47-58)65-56)50(59)45-43-41-39-37-35-33-31-29-27-22-20-18-16-14-12-10-8-6-4-2/h23-24,26,28,43,45,49-51,53-56,58-59,61-63H,3-22,25,27,29-42,44,46-48H2,1-2H3,(H,57,60)/b24-23-,28-26-,45-43+. The summed E-state index contributed by atoms with van der Waals surface area (Å²) in [6, 6.07) is -0.809. The van der Waals surface area contributed by atoms with Crippen LogP contribution in [0.3, 0.4) is 0 Å². The largest absolute Gasteiger partial charge is 0.394 e. The number of amides is 1. The molecule has 0 aromatic carbocycles. The van der Waals surface area contributed by atoms with E-state index in [9.17, 15) is 30.3 Å². The quantitative estimate of drug-likeness (QED) is 0.0261. The molecule has 65 heavy (non-hydrogen) atoms. The number of ether oxygens (including phenoxy) is 2. The van der Waals surface area contributed by atoms with Crippen molar-refractivity contribution in [2.75, 3.05) is 13.2 Å². The Bertz CT molecular complexity index is 1110. The van der Waals surface area contributed by atoms with Crippen LogP contribution in [0.4, 0.5) is 0 Å². The van der Waals surface area contributed by atoms with Crippen molar-refractivity contribution in [1.82, 2.24) is 5.32 Å². The van der Waals surface area contributed by atoms with Crippen LogP contribution < -0.4 is 5.32 Å². The predicted molar refractivity (Wildman–Crippen MR) is 272 cm³/mol. The van der Waals surface area contributed by atoms with Gasteiger partial charge in [0.25, 0.3) is 0 Å². The van der Waals surface area contributed by atoms with Crippen molar-refractivity contribution in [3.05, 3.63) is 36.5 Å². The molecule has 0 bridgehead atoms. The Hall–Kier alpha value is -1.59. The van der Waals surface area contributed by atoms with Gasteiger partial charge in [-0.3, -0.25) is 4.79 Å². The van der Waals surface area contributed by atoms with Gasteiger partial charge in [-0.05, 0) is 51.4 Å². The highest BCUT2D eigenvalue weighted by atomic mass is 16.7. The Morgan fingerprint density at radius 1 is 0.523 bits per heavy atom. The fraction of sp³-hybridized carbons (Fsp3) is 0.875. The third-order valence-corrected chi connectivity index (χ3v) is 13.2. The number of hydrogen-bond acceptors (Lipinski definition) is 8. The van der Waals surface area contributed by atoms with Crippen LogP contribution in [-0.4, -0.2) is 87.5 Å². The average Bonchev–Trinajstić information content (AvgIpc) is 3.31. The molecule has 1 aliphatic heterocycles. The second-order valence-electron chi connectivity index (χ2n) is 19.4. The Morgan fingerprint density at radius 2 is 0.908 bits per heavy atom. The molecule has 0 saturated carbocycles. The Morgan fingerprint density at radius 3 is 1.32 bits per heavy atom. The second kappa shape index (κ2) is 46.2. The van der Waals surface area contributed by atoms with Crippen LogP contribution in [0.5, 0.6) is 0 Å². The van der Waals surface area contributed by atoms with E-state index in [2.05, 4.69) is 43.5 Å². The molecule has 0 radical (unpaired) electrons. The highest BCUT2D eigenvalue weighted by Gasteiger charge is 2.44. The minimum Gasteiger partial charge on any atom is -0.394 e. The first-order valence-electron chi connectivity index (χ1n) is 27.7. The van der Waals surface area contributed by atoms with E-state index in [0.717, 1.165) is 57.8 Å². The molecular weight excluding hydrogens is 815 g/mol. The van der Waals surface area contributed by atoms with Gasteiger partial charge < -0.3 is 40.3 Å². The van der Waals surface area contributed by atoms with Crippen molar-refractivity contribution in [3.63, 3.8) is 0 Å². The summed E-state index contributed by atoms with van der Waals surface area (Å²) in [4.78, 5) is 13.0. The number of carbonyl (C=O) groups excluding carboxylic acids is 1. The zero-order chi connectivity index (χ0) is 47.3. The maximum atomic E-state index is 13.0. The molecule has 7 unspecified atom stereocenters. The molecule has 7 atom stereocenters. The van der Waals surface area contributed by atoms with Gasteiger partial charge in [0, 0.05) is 6.42 Å². The maximum absolute atomic E-state index is 13.0. The molecule has 0 aliphatic carbocycles. The van der Waals surface area contributed by atoms with Gasteiger partial charge in [-0.2, -0.15) is 0 Å². The Balaban J connectivity index is 2.27. The number of carbonyl (C=O) groups is 1. The van der Waals surface area contributed by atoms with Crippen molar-refractivity contribution < 1.29 is 39.8 Å². The first-order valence-corrected chi connectivity index (χ1v) is 27.7. The fourth-order valence-electron chi connectivity index (χ4n) is 8.78. The normalized spacial score (nSPS) is 20.1. The lowest BCUT2D eigenvalue weighted by molar-refractivity contribution is -0.302. The maximum Gasteiger partial charge on any atom is 0.220 e. The molecule has 9 nitrogen and oxygen atoms in total. The topological polar surface area (TPSA) is 149 Å². The van der Waals surface area contributed by atoms with E-state index in [4.69, 9.17) is 9.47 Å². The van der Waals surface area contributed by atoms with Crippen LogP contribution in [-0.2, 0) is 14.3 Å². The van der Waals surface area contributed by atoms with Gasteiger partial charge in [0.05, 0.1) is 25.4 Å². The van der Waals surface area contributed by atoms with Gasteiger partial charge in [-0.25, -0.2) is 0 Å². The van der Waals surface area contributed by atoms with E-state index in [-0.39, 0.29) is 12.5 Å². The van der Waals surface area contributed by atoms with Gasteiger partial charge in [0.2, 0.25) is 5.91 Å². The summed E-state index contributed by atoms with van der Waals surface area (Å²) >= 11 is 0. The molecule has 0 spiro atoms. The van der Waals surface area contributed by atoms with E-state index < -0.39 is 49.5 Å². The average molecular weight is 920 g/mol. The molecule has 1 aliphatic rings. The Kier molecular flexibility index (Phi) is 43.6. The summed E-state index contributed by atoms with van der Waals surface area (Å²) in [5, 5.41) is 54.4. The lowest BCUT2D eigenvalue weighted by Gasteiger charge is -2.40. The van der Waals surface area contributed by atoms with Crippen molar-refractivity contribution in [2.24, 2.45) is 0 Å². The second-order valence-corrected chi connectivity index (χ2v) is 19.4. The summed E-state index contributed by atoms with van der Waals surface area (Å²) in [6.45, 7) is 3.80. The molecular formula is C56H105NO8. The van der Waals surface area contributed by atoms with Gasteiger partial charge in [0.1, 0.15) is 24.4 Å². The molecule has 1 fully saturated rings. The molecule has 382 valence electrons. The van der Waals surface area contributed by atoms with Gasteiger partial charge in [-0.15, -0.1) is 0 Å². The summed E-state index contributed by atoms with van der Waals surface area (Å²) in [5.74, 6) is -0.182. The number of aliphatic hydroxyl groups excluding tert-OH is 5. The van der Waals surface area contributed by atoms with E-state index in [0.29, 0.717) is 6.42 Å². The monoisotopic (exact) mass is 920 g/mol. The zero-order valence-corrected chi connectivity index (χ0v) is 42.3. The van der Waals surface area contributed by atoms with Gasteiger partial charge >= 0.3 is 0 Å². The SMILES string of the molecule is CCCCCCCCCCC/C=C\C/C=C\CCCCCCCCCC(=O)NC(COC1OC(CO)C(O)C(O)C1O)C(O)/C=C/CCCCCCCCCCCCCCCCCCC. The van der Waals surface area contributed by atoms with Gasteiger partial charge in [0.15, 0.2) is 6.29 Å². The smallest absolute Gasteiger partial charge is 0.220 e. The van der Waals surface area contributed by atoms with E-state index in [1.807, 2.05) is 6.08 Å². The van der Waals surface area contributed by atoms with Crippen LogP contribution in [0.25, 0.3) is 0 Å². The minimum atomic E-state index is -1.57. The molecule has 1 heterocycles. The minimum absolute atomic E-state index is 0.182. The summed E-state index contributed by atoms with van der Waals surface area (Å²) in [5.41, 5.74) is 0. The fourth-order valence-corrected chi connectivity index (χ4v) is 8.78. The molecule has 6 N–H and O–H groups in total. The van der Waals surface area contributed by atoms with Crippen LogP contribution >= 0.6 is 0 Å². The van der Waals surface area contributed by atoms with Crippen LogP contribution in [0.1, 0.15) is 258 Å². The van der Waals surface area contributed by atoms with E-state index in [1.54, 1.807) is 6.08 Å². The van der Waals surface area contributed by atoms with E-state index in [1.165, 1.54) is 180 Å². The molecule has 0 aromatic heterocycles. The molecule has 1 amide bonds. The first-order chi connectivity index (χ1) is 31.8. The summed E-state index contributed by atoms with van der Waals surface area (Å²) in [7, 11) is 0. The number of hydrogen-bond donors (Lipinski definition) is 6. The van der Waals surface area contributed by atoms with E-state index >= 15 is 0 Å².